The Bertz CT molecular complexity index is 911. The lowest BCUT2D eigenvalue weighted by molar-refractivity contribution is -0.674. The maximum atomic E-state index is 12.7. The fourth-order valence-electron chi connectivity index (χ4n) is 3.52. The second-order valence-corrected chi connectivity index (χ2v) is 6.78. The monoisotopic (exact) mass is 336 g/mol. The molecule has 0 atom stereocenters. The zero-order valence-electron chi connectivity index (χ0n) is 14.3. The van der Waals surface area contributed by atoms with Gasteiger partial charge in [0.25, 0.3) is 12.2 Å². The Labute approximate surface area is 146 Å². The highest BCUT2D eigenvalue weighted by Crippen LogP contribution is 2.25. The normalized spacial score (nSPS) is 15.4. The summed E-state index contributed by atoms with van der Waals surface area (Å²) in [6, 6.07) is 6.25. The summed E-state index contributed by atoms with van der Waals surface area (Å²) in [5.41, 5.74) is 3.36. The number of nitrogens with one attached hydrogen (secondary N) is 2. The van der Waals surface area contributed by atoms with Gasteiger partial charge in [0.2, 0.25) is 0 Å². The van der Waals surface area contributed by atoms with Gasteiger partial charge in [0.1, 0.15) is 6.20 Å². The molecule has 1 saturated carbocycles. The molecule has 0 aliphatic heterocycles. The van der Waals surface area contributed by atoms with Crippen LogP contribution < -0.4 is 9.88 Å². The Hall–Kier alpha value is -2.76. The molecule has 2 aromatic heterocycles. The van der Waals surface area contributed by atoms with Crippen molar-refractivity contribution in [2.75, 3.05) is 0 Å². The van der Waals surface area contributed by atoms with Gasteiger partial charge in [0, 0.05) is 11.4 Å². The summed E-state index contributed by atoms with van der Waals surface area (Å²) in [5, 5.41) is 11.2. The van der Waals surface area contributed by atoms with Gasteiger partial charge in [-0.1, -0.05) is 30.3 Å². The first kappa shape index (κ1) is 15.7. The fraction of sp³-hybridized carbons (Fsp3) is 0.368. The summed E-state index contributed by atoms with van der Waals surface area (Å²) in [6.07, 6.45) is 11.4. The Balaban J connectivity index is 1.65. The largest absolute Gasteiger partial charge is 0.348 e. The van der Waals surface area contributed by atoms with Crippen LogP contribution in [0.15, 0.2) is 36.9 Å². The van der Waals surface area contributed by atoms with Gasteiger partial charge < -0.3 is 5.32 Å². The number of carbonyl (C=O) groups is 1. The number of rotatable bonds is 3. The van der Waals surface area contributed by atoms with Crippen LogP contribution in [0.1, 0.15) is 42.6 Å². The quantitative estimate of drug-likeness (QED) is 0.722. The Morgan fingerprint density at radius 2 is 2.08 bits per heavy atom. The minimum Gasteiger partial charge on any atom is -0.348 e. The van der Waals surface area contributed by atoms with Crippen molar-refractivity contribution in [1.82, 2.24) is 20.5 Å². The number of carbonyl (C=O) groups excluding carboxylic acids is 1. The average Bonchev–Trinajstić information content (AvgIpc) is 3.06. The number of amides is 1. The number of hydrogen-bond acceptors (Lipinski definition) is 3. The van der Waals surface area contributed by atoms with Crippen molar-refractivity contribution in [3.05, 3.63) is 42.6 Å². The Morgan fingerprint density at radius 1 is 1.24 bits per heavy atom. The second kappa shape index (κ2) is 6.63. The number of hydrogen-bond donors (Lipinski definition) is 2. The van der Waals surface area contributed by atoms with E-state index in [4.69, 9.17) is 0 Å². The lowest BCUT2D eigenvalue weighted by Crippen LogP contribution is -2.36. The minimum absolute atomic E-state index is 0.0907. The molecule has 1 fully saturated rings. The molecule has 25 heavy (non-hydrogen) atoms. The maximum Gasteiger partial charge on any atom is 0.285 e. The van der Waals surface area contributed by atoms with E-state index in [1.807, 2.05) is 42.2 Å². The predicted octanol–water partition coefficient (Wildman–Crippen LogP) is 2.51. The molecule has 4 rings (SSSR count). The molecular formula is C19H22N5O+. The molecule has 0 spiro atoms. The molecule has 0 unspecified atom stereocenters. The van der Waals surface area contributed by atoms with Crippen molar-refractivity contribution >= 4 is 16.8 Å². The first-order chi connectivity index (χ1) is 12.2. The number of benzene rings is 1. The topological polar surface area (TPSA) is 74.5 Å². The molecule has 1 amide bonds. The number of aryl methyl sites for hydroxylation is 1. The summed E-state index contributed by atoms with van der Waals surface area (Å²) in [7, 11) is 1.94. The van der Waals surface area contributed by atoms with E-state index in [-0.39, 0.29) is 11.9 Å². The van der Waals surface area contributed by atoms with E-state index in [2.05, 4.69) is 20.5 Å². The van der Waals surface area contributed by atoms with Crippen molar-refractivity contribution < 1.29 is 9.36 Å². The molecular weight excluding hydrogens is 314 g/mol. The number of nitrogens with zero attached hydrogens (tertiary/aromatic N) is 3. The SMILES string of the molecule is C[n+]1cncc(-c2ccc3[nH]nc(C(=O)NC4CCCCC4)c3c2)c1. The molecule has 2 heterocycles. The molecule has 2 N–H and O–H groups in total. The number of aromatic amines is 1. The van der Waals surface area contributed by atoms with E-state index in [9.17, 15) is 4.79 Å². The van der Waals surface area contributed by atoms with Crippen LogP contribution in [0.2, 0.25) is 0 Å². The van der Waals surface area contributed by atoms with Gasteiger partial charge in [-0.15, -0.1) is 0 Å². The molecule has 1 aliphatic rings. The summed E-state index contributed by atoms with van der Waals surface area (Å²) in [4.78, 5) is 16.9. The van der Waals surface area contributed by atoms with E-state index >= 15 is 0 Å². The minimum atomic E-state index is -0.0907. The summed E-state index contributed by atoms with van der Waals surface area (Å²) in [6.45, 7) is 0. The van der Waals surface area contributed by atoms with Gasteiger partial charge >= 0.3 is 0 Å². The summed E-state index contributed by atoms with van der Waals surface area (Å²) >= 11 is 0. The van der Waals surface area contributed by atoms with Crippen LogP contribution in [0.5, 0.6) is 0 Å². The third-order valence-corrected chi connectivity index (χ3v) is 4.86. The summed E-state index contributed by atoms with van der Waals surface area (Å²) < 4.78 is 1.91. The van der Waals surface area contributed by atoms with E-state index < -0.39 is 0 Å². The molecule has 0 saturated heterocycles. The van der Waals surface area contributed by atoms with Crippen molar-refractivity contribution in [2.45, 2.75) is 38.1 Å². The highest BCUT2D eigenvalue weighted by molar-refractivity contribution is 6.05. The van der Waals surface area contributed by atoms with Crippen molar-refractivity contribution in [1.29, 1.82) is 0 Å². The van der Waals surface area contributed by atoms with Gasteiger partial charge in [-0.25, -0.2) is 4.57 Å². The zero-order valence-corrected chi connectivity index (χ0v) is 14.3. The number of aromatic nitrogens is 4. The number of H-pyrrole nitrogens is 1. The predicted molar refractivity (Wildman–Crippen MR) is 94.8 cm³/mol. The van der Waals surface area contributed by atoms with Crippen LogP contribution in [0.4, 0.5) is 0 Å². The maximum absolute atomic E-state index is 12.7. The average molecular weight is 336 g/mol. The van der Waals surface area contributed by atoms with Gasteiger partial charge in [0.05, 0.1) is 18.1 Å². The van der Waals surface area contributed by atoms with Crippen LogP contribution in [0.25, 0.3) is 22.0 Å². The number of fused-ring (bicyclic) bond motifs is 1. The molecule has 0 bridgehead atoms. The van der Waals surface area contributed by atoms with Crippen molar-refractivity contribution in [3.63, 3.8) is 0 Å². The smallest absolute Gasteiger partial charge is 0.285 e. The van der Waals surface area contributed by atoms with Crippen LogP contribution >= 0.6 is 0 Å². The highest BCUT2D eigenvalue weighted by Gasteiger charge is 2.20. The Kier molecular flexibility index (Phi) is 4.17. The molecule has 1 aromatic carbocycles. The molecule has 6 nitrogen and oxygen atoms in total. The zero-order chi connectivity index (χ0) is 17.2. The molecule has 0 radical (unpaired) electrons. The third kappa shape index (κ3) is 3.24. The molecule has 6 heteroatoms. The van der Waals surface area contributed by atoms with Crippen LogP contribution in [0.3, 0.4) is 0 Å². The summed E-state index contributed by atoms with van der Waals surface area (Å²) in [5.74, 6) is -0.0907. The first-order valence-electron chi connectivity index (χ1n) is 8.80. The van der Waals surface area contributed by atoms with E-state index in [0.717, 1.165) is 34.9 Å². The lowest BCUT2D eigenvalue weighted by atomic mass is 9.95. The Morgan fingerprint density at radius 3 is 2.88 bits per heavy atom. The van der Waals surface area contributed by atoms with Crippen molar-refractivity contribution in [2.24, 2.45) is 7.05 Å². The van der Waals surface area contributed by atoms with Crippen LogP contribution in [0, 0.1) is 0 Å². The highest BCUT2D eigenvalue weighted by atomic mass is 16.2. The molecule has 1 aliphatic carbocycles. The van der Waals surface area contributed by atoms with E-state index in [0.29, 0.717) is 5.69 Å². The third-order valence-electron chi connectivity index (χ3n) is 4.86. The van der Waals surface area contributed by atoms with Crippen LogP contribution in [-0.4, -0.2) is 27.1 Å². The van der Waals surface area contributed by atoms with E-state index in [1.54, 1.807) is 6.33 Å². The van der Waals surface area contributed by atoms with Crippen molar-refractivity contribution in [3.8, 4) is 11.1 Å². The van der Waals surface area contributed by atoms with E-state index in [1.165, 1.54) is 19.3 Å². The lowest BCUT2D eigenvalue weighted by Gasteiger charge is -2.22. The van der Waals surface area contributed by atoms with Gasteiger partial charge in [-0.3, -0.25) is 9.89 Å². The first-order valence-corrected chi connectivity index (χ1v) is 8.80. The molecule has 128 valence electrons. The van der Waals surface area contributed by atoms with Gasteiger partial charge in [0.15, 0.2) is 11.9 Å². The molecule has 3 aromatic rings. The fourth-order valence-corrected chi connectivity index (χ4v) is 3.52. The standard InChI is InChI=1S/C19H21N5O/c1-24-11-14(10-20-12-24)13-7-8-17-16(9-13)18(23-22-17)19(25)21-15-5-3-2-4-6-15/h7-12,15H,2-6H2,1H3,(H-,21,22,23,25)/p+1. The van der Waals surface area contributed by atoms with Crippen LogP contribution in [-0.2, 0) is 7.05 Å². The van der Waals surface area contributed by atoms with Gasteiger partial charge in [-0.2, -0.15) is 5.10 Å². The van der Waals surface area contributed by atoms with Gasteiger partial charge in [-0.05, 0) is 30.5 Å². The second-order valence-electron chi connectivity index (χ2n) is 6.78.